The molecule has 1 heterocycles. The minimum absolute atomic E-state index is 0.101. The van der Waals surface area contributed by atoms with Crippen LogP contribution in [-0.2, 0) is 9.53 Å². The smallest absolute Gasteiger partial charge is 0.220 e. The van der Waals surface area contributed by atoms with Crippen molar-refractivity contribution in [1.29, 1.82) is 0 Å². The molecule has 1 fully saturated rings. The van der Waals surface area contributed by atoms with Gasteiger partial charge in [0.15, 0.2) is 5.96 Å². The third-order valence-corrected chi connectivity index (χ3v) is 5.06. The van der Waals surface area contributed by atoms with Crippen molar-refractivity contribution >= 4 is 23.5 Å². The number of methoxy groups -OCH3 is 1. The molecule has 1 aromatic carbocycles. The highest BCUT2D eigenvalue weighted by atomic mass is 35.5. The second kappa shape index (κ2) is 10.4. The molecular formula is C19H29ClN4O2. The van der Waals surface area contributed by atoms with E-state index in [1.165, 1.54) is 0 Å². The van der Waals surface area contributed by atoms with Crippen LogP contribution in [0, 0.1) is 5.92 Å². The van der Waals surface area contributed by atoms with Crippen LogP contribution in [0.2, 0.25) is 5.02 Å². The molecule has 0 aromatic heterocycles. The quantitative estimate of drug-likeness (QED) is 0.587. The number of likely N-dealkylation sites (tertiary alicyclic amines) is 1. The number of carbonyl (C=O) groups excluding carboxylic acids is 1. The normalized spacial score (nSPS) is 17.1. The summed E-state index contributed by atoms with van der Waals surface area (Å²) in [4.78, 5) is 18.2. The van der Waals surface area contributed by atoms with Crippen molar-refractivity contribution in [2.75, 3.05) is 40.8 Å². The predicted molar refractivity (Wildman–Crippen MR) is 106 cm³/mol. The summed E-state index contributed by atoms with van der Waals surface area (Å²) in [5.41, 5.74) is 1.03. The zero-order valence-corrected chi connectivity index (χ0v) is 16.6. The van der Waals surface area contributed by atoms with Crippen LogP contribution >= 0.6 is 11.6 Å². The Morgan fingerprint density at radius 3 is 2.73 bits per heavy atom. The number of rotatable bonds is 6. The van der Waals surface area contributed by atoms with Gasteiger partial charge in [-0.05, 0) is 36.5 Å². The summed E-state index contributed by atoms with van der Waals surface area (Å²) >= 11 is 6.08. The molecule has 0 saturated carbocycles. The van der Waals surface area contributed by atoms with Gasteiger partial charge in [-0.2, -0.15) is 0 Å². The fraction of sp³-hybridized carbons (Fsp3) is 0.579. The Morgan fingerprint density at radius 2 is 2.15 bits per heavy atom. The third kappa shape index (κ3) is 5.88. The maximum atomic E-state index is 11.5. The maximum absolute atomic E-state index is 11.5. The summed E-state index contributed by atoms with van der Waals surface area (Å²) in [7, 11) is 5.18. The number of nitrogens with zero attached hydrogens (tertiary/aromatic N) is 2. The summed E-state index contributed by atoms with van der Waals surface area (Å²) < 4.78 is 5.61. The number of piperidine rings is 1. The second-order valence-corrected chi connectivity index (χ2v) is 6.95. The topological polar surface area (TPSA) is 66.0 Å². The van der Waals surface area contributed by atoms with E-state index < -0.39 is 0 Å². The number of hydrogen-bond donors (Lipinski definition) is 2. The molecule has 0 radical (unpaired) electrons. The number of nitrogens with one attached hydrogen (secondary N) is 2. The van der Waals surface area contributed by atoms with Crippen LogP contribution in [0.1, 0.15) is 30.9 Å². The van der Waals surface area contributed by atoms with Crippen LogP contribution in [0.5, 0.6) is 0 Å². The Kier molecular flexibility index (Phi) is 8.19. The highest BCUT2D eigenvalue weighted by Crippen LogP contribution is 2.22. The number of amides is 1. The van der Waals surface area contributed by atoms with E-state index in [0.29, 0.717) is 23.9 Å². The Labute approximate surface area is 161 Å². The molecular weight excluding hydrogens is 352 g/mol. The first-order chi connectivity index (χ1) is 12.6. The summed E-state index contributed by atoms with van der Waals surface area (Å²) in [6.45, 7) is 2.41. The van der Waals surface area contributed by atoms with Crippen LogP contribution < -0.4 is 10.6 Å². The number of hydrogen-bond acceptors (Lipinski definition) is 3. The number of guanidine groups is 1. The largest absolute Gasteiger partial charge is 0.375 e. The van der Waals surface area contributed by atoms with Crippen LogP contribution in [0.3, 0.4) is 0 Å². The molecule has 0 bridgehead atoms. The van der Waals surface area contributed by atoms with Gasteiger partial charge in [0, 0.05) is 52.3 Å². The van der Waals surface area contributed by atoms with E-state index in [-0.39, 0.29) is 12.0 Å². The SMILES string of the molecule is CN=C(NCC(OC)c1cccc(Cl)c1)N1CCC(CC(=O)NC)CC1. The number of benzene rings is 1. The maximum Gasteiger partial charge on any atom is 0.220 e. The Morgan fingerprint density at radius 1 is 1.42 bits per heavy atom. The first-order valence-corrected chi connectivity index (χ1v) is 9.39. The van der Waals surface area contributed by atoms with Crippen molar-refractivity contribution in [3.8, 4) is 0 Å². The van der Waals surface area contributed by atoms with Gasteiger partial charge in [0.05, 0.1) is 6.10 Å². The highest BCUT2D eigenvalue weighted by molar-refractivity contribution is 6.30. The van der Waals surface area contributed by atoms with Crippen LogP contribution in [-0.4, -0.2) is 57.6 Å². The molecule has 1 atom stereocenters. The lowest BCUT2D eigenvalue weighted by Gasteiger charge is -2.34. The molecule has 1 aliphatic rings. The molecule has 144 valence electrons. The van der Waals surface area contributed by atoms with Gasteiger partial charge in [0.2, 0.25) is 5.91 Å². The van der Waals surface area contributed by atoms with E-state index in [9.17, 15) is 4.79 Å². The average Bonchev–Trinajstić information content (AvgIpc) is 2.66. The van der Waals surface area contributed by atoms with Crippen molar-refractivity contribution in [2.24, 2.45) is 10.9 Å². The van der Waals surface area contributed by atoms with Gasteiger partial charge < -0.3 is 20.3 Å². The lowest BCUT2D eigenvalue weighted by Crippen LogP contribution is -2.47. The Hall–Kier alpha value is -1.79. The molecule has 26 heavy (non-hydrogen) atoms. The lowest BCUT2D eigenvalue weighted by molar-refractivity contribution is -0.121. The number of aliphatic imine (C=N–C) groups is 1. The van der Waals surface area contributed by atoms with E-state index in [2.05, 4.69) is 20.5 Å². The van der Waals surface area contributed by atoms with Gasteiger partial charge >= 0.3 is 0 Å². The summed E-state index contributed by atoms with van der Waals surface area (Å²) in [5, 5.41) is 6.81. The van der Waals surface area contributed by atoms with Gasteiger partial charge in [-0.15, -0.1) is 0 Å². The van der Waals surface area contributed by atoms with E-state index in [1.807, 2.05) is 24.3 Å². The van der Waals surface area contributed by atoms with Gasteiger partial charge in [0.25, 0.3) is 0 Å². The van der Waals surface area contributed by atoms with Crippen LogP contribution in [0.25, 0.3) is 0 Å². The fourth-order valence-electron chi connectivity index (χ4n) is 3.27. The zero-order chi connectivity index (χ0) is 18.9. The minimum atomic E-state index is -0.101. The van der Waals surface area contributed by atoms with Gasteiger partial charge in [-0.3, -0.25) is 9.79 Å². The van der Waals surface area contributed by atoms with Crippen molar-refractivity contribution < 1.29 is 9.53 Å². The predicted octanol–water partition coefficient (Wildman–Crippen LogP) is 2.45. The van der Waals surface area contributed by atoms with E-state index in [4.69, 9.17) is 16.3 Å². The molecule has 1 aromatic rings. The summed E-state index contributed by atoms with van der Waals surface area (Å²) in [6.07, 6.45) is 2.50. The first-order valence-electron chi connectivity index (χ1n) is 9.01. The number of carbonyl (C=O) groups is 1. The molecule has 2 N–H and O–H groups in total. The molecule has 1 amide bonds. The molecule has 2 rings (SSSR count). The highest BCUT2D eigenvalue weighted by Gasteiger charge is 2.23. The van der Waals surface area contributed by atoms with E-state index >= 15 is 0 Å². The molecule has 1 saturated heterocycles. The van der Waals surface area contributed by atoms with Crippen molar-refractivity contribution in [1.82, 2.24) is 15.5 Å². The average molecular weight is 381 g/mol. The van der Waals surface area contributed by atoms with Crippen molar-refractivity contribution in [2.45, 2.75) is 25.4 Å². The fourth-order valence-corrected chi connectivity index (χ4v) is 3.47. The lowest BCUT2D eigenvalue weighted by atomic mass is 9.93. The molecule has 1 unspecified atom stereocenters. The standard InChI is InChI=1S/C19H29ClN4O2/c1-21-18(25)11-14-7-9-24(10-8-14)19(22-2)23-13-17(26-3)15-5-4-6-16(20)12-15/h4-6,12,14,17H,7-11,13H2,1-3H3,(H,21,25)(H,22,23). The summed E-state index contributed by atoms with van der Waals surface area (Å²) in [6, 6.07) is 7.71. The number of ether oxygens (including phenoxy) is 1. The monoisotopic (exact) mass is 380 g/mol. The van der Waals surface area contributed by atoms with E-state index in [1.54, 1.807) is 21.2 Å². The van der Waals surface area contributed by atoms with Crippen LogP contribution in [0.4, 0.5) is 0 Å². The zero-order valence-electron chi connectivity index (χ0n) is 15.8. The van der Waals surface area contributed by atoms with E-state index in [0.717, 1.165) is 37.5 Å². The molecule has 0 aliphatic carbocycles. The molecule has 1 aliphatic heterocycles. The van der Waals surface area contributed by atoms with Gasteiger partial charge in [0.1, 0.15) is 0 Å². The summed E-state index contributed by atoms with van der Waals surface area (Å²) in [5.74, 6) is 1.44. The Balaban J connectivity index is 1.87. The third-order valence-electron chi connectivity index (χ3n) is 4.83. The van der Waals surface area contributed by atoms with Gasteiger partial charge in [-0.1, -0.05) is 23.7 Å². The first kappa shape index (κ1) is 20.5. The minimum Gasteiger partial charge on any atom is -0.375 e. The van der Waals surface area contributed by atoms with Gasteiger partial charge in [-0.25, -0.2) is 0 Å². The Bertz CT molecular complexity index is 615. The molecule has 6 nitrogen and oxygen atoms in total. The van der Waals surface area contributed by atoms with Crippen molar-refractivity contribution in [3.05, 3.63) is 34.9 Å². The van der Waals surface area contributed by atoms with Crippen LogP contribution in [0.15, 0.2) is 29.3 Å². The van der Waals surface area contributed by atoms with Crippen molar-refractivity contribution in [3.63, 3.8) is 0 Å². The molecule has 0 spiro atoms. The number of halogens is 1. The second-order valence-electron chi connectivity index (χ2n) is 6.52. The molecule has 7 heteroatoms.